The smallest absolute Gasteiger partial charge is 0.326 e. The second kappa shape index (κ2) is 5.61. The molecule has 0 spiro atoms. The van der Waals surface area contributed by atoms with Crippen LogP contribution < -0.4 is 5.32 Å². The largest absolute Gasteiger partial charge is 0.480 e. The molecule has 1 heterocycles. The summed E-state index contributed by atoms with van der Waals surface area (Å²) in [4.78, 5) is 24.7. The van der Waals surface area contributed by atoms with E-state index in [-0.39, 0.29) is 11.9 Å². The Morgan fingerprint density at radius 3 is 2.58 bits per heavy atom. The number of nitrogens with one attached hydrogen (secondary N) is 1. The van der Waals surface area contributed by atoms with Crippen LogP contribution in [0.3, 0.4) is 0 Å². The monoisotopic (exact) mass is 326 g/mol. The Labute approximate surface area is 119 Å². The molecule has 6 heteroatoms. The first kappa shape index (κ1) is 13.9. The van der Waals surface area contributed by atoms with Crippen molar-refractivity contribution in [3.63, 3.8) is 0 Å². The molecule has 0 saturated carbocycles. The third kappa shape index (κ3) is 3.07. The van der Waals surface area contributed by atoms with Gasteiger partial charge in [-0.05, 0) is 36.6 Å². The minimum Gasteiger partial charge on any atom is -0.480 e. The van der Waals surface area contributed by atoms with E-state index in [0.29, 0.717) is 18.7 Å². The van der Waals surface area contributed by atoms with Crippen LogP contribution in [0, 0.1) is 5.92 Å². The molecular weight excluding hydrogens is 312 g/mol. The molecule has 102 valence electrons. The number of carboxylic acid groups (broad SMARTS) is 1. The molecule has 1 saturated heterocycles. The van der Waals surface area contributed by atoms with Crippen LogP contribution >= 0.6 is 15.9 Å². The summed E-state index contributed by atoms with van der Waals surface area (Å²) < 4.78 is 0.920. The number of carbonyl (C=O) groups excluding carboxylic acids is 1. The van der Waals surface area contributed by atoms with Crippen molar-refractivity contribution in [1.82, 2.24) is 4.90 Å². The lowest BCUT2D eigenvalue weighted by Crippen LogP contribution is -2.44. The number of hydrogen-bond acceptors (Lipinski definition) is 2. The van der Waals surface area contributed by atoms with Crippen molar-refractivity contribution in [2.75, 3.05) is 11.9 Å². The van der Waals surface area contributed by atoms with Gasteiger partial charge < -0.3 is 15.3 Å². The zero-order valence-electron chi connectivity index (χ0n) is 10.5. The molecule has 2 N–H and O–H groups in total. The number of carboxylic acids is 1. The van der Waals surface area contributed by atoms with Gasteiger partial charge in [0, 0.05) is 16.7 Å². The molecule has 2 amide bonds. The van der Waals surface area contributed by atoms with Gasteiger partial charge in [0.25, 0.3) is 0 Å². The number of hydrogen-bond donors (Lipinski definition) is 2. The molecule has 1 fully saturated rings. The zero-order valence-corrected chi connectivity index (χ0v) is 12.1. The van der Waals surface area contributed by atoms with Gasteiger partial charge in [-0.15, -0.1) is 0 Å². The summed E-state index contributed by atoms with van der Waals surface area (Å²) in [6, 6.07) is 6.05. The van der Waals surface area contributed by atoms with Gasteiger partial charge in [0.15, 0.2) is 0 Å². The van der Waals surface area contributed by atoms with E-state index >= 15 is 0 Å². The molecule has 2 unspecified atom stereocenters. The van der Waals surface area contributed by atoms with Crippen LogP contribution in [-0.4, -0.2) is 34.6 Å². The van der Waals surface area contributed by atoms with Gasteiger partial charge in [-0.2, -0.15) is 0 Å². The fourth-order valence-electron chi connectivity index (χ4n) is 2.28. The Kier molecular flexibility index (Phi) is 4.09. The molecule has 0 bridgehead atoms. The van der Waals surface area contributed by atoms with E-state index < -0.39 is 12.0 Å². The predicted molar refractivity (Wildman–Crippen MR) is 75.1 cm³/mol. The zero-order chi connectivity index (χ0) is 14.0. The average molecular weight is 327 g/mol. The summed E-state index contributed by atoms with van der Waals surface area (Å²) in [5.41, 5.74) is 0.650. The van der Waals surface area contributed by atoms with Crippen LogP contribution in [0.15, 0.2) is 28.7 Å². The number of amides is 2. The van der Waals surface area contributed by atoms with Gasteiger partial charge in [0.05, 0.1) is 0 Å². The number of urea groups is 1. The topological polar surface area (TPSA) is 69.6 Å². The first-order valence-corrected chi connectivity index (χ1v) is 6.84. The highest BCUT2D eigenvalue weighted by Gasteiger charge is 2.39. The fraction of sp³-hybridized carbons (Fsp3) is 0.385. The number of anilines is 1. The van der Waals surface area contributed by atoms with Crippen molar-refractivity contribution in [3.8, 4) is 0 Å². The van der Waals surface area contributed by atoms with Crippen molar-refractivity contribution in [2.45, 2.75) is 19.4 Å². The van der Waals surface area contributed by atoms with Crippen molar-refractivity contribution < 1.29 is 14.7 Å². The van der Waals surface area contributed by atoms with E-state index in [1.165, 1.54) is 4.90 Å². The van der Waals surface area contributed by atoms with Crippen LogP contribution in [0.25, 0.3) is 0 Å². The number of nitrogens with zero attached hydrogens (tertiary/aromatic N) is 1. The van der Waals surface area contributed by atoms with Crippen molar-refractivity contribution in [2.24, 2.45) is 5.92 Å². The summed E-state index contributed by atoms with van der Waals surface area (Å²) in [6.45, 7) is 2.33. The number of carbonyl (C=O) groups is 2. The van der Waals surface area contributed by atoms with Gasteiger partial charge in [0.1, 0.15) is 6.04 Å². The van der Waals surface area contributed by atoms with Crippen molar-refractivity contribution >= 4 is 33.6 Å². The molecule has 0 aliphatic carbocycles. The normalized spacial score (nSPS) is 22.3. The summed E-state index contributed by atoms with van der Waals surface area (Å²) in [6.07, 6.45) is 0.713. The minimum atomic E-state index is -0.948. The third-order valence-corrected chi connectivity index (χ3v) is 3.84. The van der Waals surface area contributed by atoms with E-state index in [0.717, 1.165) is 4.47 Å². The number of halogens is 1. The molecule has 1 aliphatic heterocycles. The van der Waals surface area contributed by atoms with E-state index in [1.807, 2.05) is 19.1 Å². The van der Waals surface area contributed by atoms with Crippen LogP contribution in [-0.2, 0) is 4.79 Å². The Morgan fingerprint density at radius 2 is 2.00 bits per heavy atom. The second-order valence-corrected chi connectivity index (χ2v) is 5.60. The van der Waals surface area contributed by atoms with Gasteiger partial charge >= 0.3 is 12.0 Å². The predicted octanol–water partition coefficient (Wildman–Crippen LogP) is 2.78. The van der Waals surface area contributed by atoms with Gasteiger partial charge in [-0.25, -0.2) is 9.59 Å². The lowest BCUT2D eigenvalue weighted by Gasteiger charge is -2.23. The highest BCUT2D eigenvalue weighted by Crippen LogP contribution is 2.25. The first-order chi connectivity index (χ1) is 8.99. The molecule has 0 aromatic heterocycles. The number of benzene rings is 1. The minimum absolute atomic E-state index is 0.0202. The molecule has 2 rings (SSSR count). The van der Waals surface area contributed by atoms with Crippen molar-refractivity contribution in [3.05, 3.63) is 28.7 Å². The molecule has 1 aromatic carbocycles. The second-order valence-electron chi connectivity index (χ2n) is 4.68. The van der Waals surface area contributed by atoms with Gasteiger partial charge in [-0.1, -0.05) is 22.9 Å². The fourth-order valence-corrected chi connectivity index (χ4v) is 2.54. The Bertz CT molecular complexity index is 489. The quantitative estimate of drug-likeness (QED) is 0.877. The molecule has 5 nitrogen and oxygen atoms in total. The summed E-state index contributed by atoms with van der Waals surface area (Å²) >= 11 is 3.31. The molecule has 0 radical (unpaired) electrons. The van der Waals surface area contributed by atoms with Crippen LogP contribution in [0.4, 0.5) is 10.5 Å². The van der Waals surface area contributed by atoms with Crippen LogP contribution in [0.1, 0.15) is 13.3 Å². The standard InChI is InChI=1S/C13H15BrN2O3/c1-8-6-7-16(11(8)12(17)18)13(19)15-10-4-2-9(14)3-5-10/h2-5,8,11H,6-7H2,1H3,(H,15,19)(H,17,18). The third-order valence-electron chi connectivity index (χ3n) is 3.31. The summed E-state index contributed by atoms with van der Waals surface area (Å²) in [5, 5.41) is 11.9. The van der Waals surface area contributed by atoms with Crippen molar-refractivity contribution in [1.29, 1.82) is 0 Å². The van der Waals surface area contributed by atoms with E-state index in [4.69, 9.17) is 0 Å². The molecule has 2 atom stereocenters. The molecular formula is C13H15BrN2O3. The van der Waals surface area contributed by atoms with Crippen LogP contribution in [0.2, 0.25) is 0 Å². The van der Waals surface area contributed by atoms with Crippen LogP contribution in [0.5, 0.6) is 0 Å². The summed E-state index contributed by atoms with van der Waals surface area (Å²) in [5.74, 6) is -0.968. The lowest BCUT2D eigenvalue weighted by atomic mass is 10.0. The number of aliphatic carboxylic acids is 1. The molecule has 1 aliphatic rings. The van der Waals surface area contributed by atoms with E-state index in [9.17, 15) is 14.7 Å². The Balaban J connectivity index is 2.07. The average Bonchev–Trinajstić information content (AvgIpc) is 2.74. The maximum absolute atomic E-state index is 12.1. The van der Waals surface area contributed by atoms with E-state index in [1.54, 1.807) is 12.1 Å². The van der Waals surface area contributed by atoms with Gasteiger partial charge in [0.2, 0.25) is 0 Å². The first-order valence-electron chi connectivity index (χ1n) is 6.05. The lowest BCUT2D eigenvalue weighted by molar-refractivity contribution is -0.142. The summed E-state index contributed by atoms with van der Waals surface area (Å²) in [7, 11) is 0. The number of rotatable bonds is 2. The SMILES string of the molecule is CC1CCN(C(=O)Nc2ccc(Br)cc2)C1C(=O)O. The highest BCUT2D eigenvalue weighted by atomic mass is 79.9. The Morgan fingerprint density at radius 1 is 1.37 bits per heavy atom. The number of likely N-dealkylation sites (tertiary alicyclic amines) is 1. The maximum Gasteiger partial charge on any atom is 0.326 e. The molecule has 19 heavy (non-hydrogen) atoms. The highest BCUT2D eigenvalue weighted by molar-refractivity contribution is 9.10. The maximum atomic E-state index is 12.1. The Hall–Kier alpha value is -1.56. The van der Waals surface area contributed by atoms with E-state index in [2.05, 4.69) is 21.2 Å². The molecule has 1 aromatic rings. The van der Waals surface area contributed by atoms with Gasteiger partial charge in [-0.3, -0.25) is 0 Å².